The predicted molar refractivity (Wildman–Crippen MR) is 312 cm³/mol. The fourth-order valence-corrected chi connectivity index (χ4v) is 10.0. The quantitative estimate of drug-likeness (QED) is 0.0332. The first-order chi connectivity index (χ1) is 39.5. The molecule has 30 heteroatoms. The molecule has 0 aliphatic heterocycles. The van der Waals surface area contributed by atoms with E-state index in [9.17, 15) is 14.4 Å². The van der Waals surface area contributed by atoms with Crippen molar-refractivity contribution in [3.8, 4) is 0 Å². The molecule has 0 unspecified atom stereocenters. The highest BCUT2D eigenvalue weighted by molar-refractivity contribution is 8.18. The third-order valence-electron chi connectivity index (χ3n) is 9.46. The number of aliphatic hydroxyl groups excluding tert-OH is 2. The second-order valence-electron chi connectivity index (χ2n) is 17.0. The van der Waals surface area contributed by atoms with E-state index in [4.69, 9.17) is 95.5 Å². The van der Waals surface area contributed by atoms with Crippen molar-refractivity contribution in [2.45, 2.75) is 35.9 Å². The molecular weight excluding hydrogens is 1150 g/mol. The third kappa shape index (κ3) is 65.9. The van der Waals surface area contributed by atoms with E-state index in [1.54, 1.807) is 47.0 Å². The number of aliphatic hydroxyl groups is 2. The van der Waals surface area contributed by atoms with E-state index in [1.807, 2.05) is 0 Å². The Labute approximate surface area is 498 Å². The van der Waals surface area contributed by atoms with Gasteiger partial charge >= 0.3 is 18.3 Å². The summed E-state index contributed by atoms with van der Waals surface area (Å²) in [4.78, 5) is 36.2. The average molecular weight is 1250 g/mol. The molecule has 0 saturated carbocycles. The Kier molecular flexibility index (Phi) is 61.9. The minimum Gasteiger partial charge on any atom is -0.447 e. The molecule has 0 rings (SSSR count). The third-order valence-corrected chi connectivity index (χ3v) is 15.2. The standard InChI is InChI=1S/C51H101N3O23S4/c1-50(2,78-43-5-52-47(57)75-39-36-72-34-32-70-30-28-68-26-24-66-22-20-64-18-16-62-14-12-60-10-8-55)79-44-6-53-49(59)77-41-38-74-42-46-81-51(3,4)80-45-7-54-48(58)76-40-37-73-35-33-71-31-29-69-27-25-67-23-21-65-19-17-63-15-13-61-11-9-56/h55-56H,5-46H2,1-4H3,(H,52,57)(H,53,59)(H,54,58). The largest absolute Gasteiger partial charge is 0.447 e. The van der Waals surface area contributed by atoms with Crippen LogP contribution in [-0.4, -0.2) is 311 Å². The summed E-state index contributed by atoms with van der Waals surface area (Å²) in [5, 5.41) is 25.5. The first kappa shape index (κ1) is 79.5. The molecule has 0 atom stereocenters. The number of amides is 3. The zero-order chi connectivity index (χ0) is 59.1. The van der Waals surface area contributed by atoms with Crippen LogP contribution in [0.2, 0.25) is 0 Å². The van der Waals surface area contributed by atoms with Gasteiger partial charge < -0.3 is 111 Å². The van der Waals surface area contributed by atoms with Crippen LogP contribution in [0.5, 0.6) is 0 Å². The molecule has 0 heterocycles. The van der Waals surface area contributed by atoms with Gasteiger partial charge in [0.25, 0.3) is 0 Å². The molecule has 0 aliphatic rings. The van der Waals surface area contributed by atoms with Crippen molar-refractivity contribution < 1.29 is 110 Å². The summed E-state index contributed by atoms with van der Waals surface area (Å²) < 4.78 is 96.4. The van der Waals surface area contributed by atoms with E-state index < -0.39 is 18.3 Å². The minimum absolute atomic E-state index is 0.00697. The van der Waals surface area contributed by atoms with Gasteiger partial charge in [-0.1, -0.05) is 0 Å². The molecule has 3 amide bonds. The number of rotatable bonds is 65. The van der Waals surface area contributed by atoms with Crippen LogP contribution in [0.3, 0.4) is 0 Å². The van der Waals surface area contributed by atoms with E-state index in [1.165, 1.54) is 0 Å². The van der Waals surface area contributed by atoms with Crippen LogP contribution in [0.1, 0.15) is 27.7 Å². The van der Waals surface area contributed by atoms with Gasteiger partial charge in [-0.2, -0.15) is 0 Å². The molecule has 0 bridgehead atoms. The second kappa shape index (κ2) is 63.0. The van der Waals surface area contributed by atoms with Crippen LogP contribution in [0.25, 0.3) is 0 Å². The van der Waals surface area contributed by atoms with Gasteiger partial charge in [0.1, 0.15) is 19.8 Å². The lowest BCUT2D eigenvalue weighted by atomic mass is 10.5. The Morgan fingerprint density at radius 1 is 0.272 bits per heavy atom. The van der Waals surface area contributed by atoms with Crippen LogP contribution in [0.15, 0.2) is 0 Å². The van der Waals surface area contributed by atoms with Crippen molar-refractivity contribution in [2.24, 2.45) is 0 Å². The van der Waals surface area contributed by atoms with Crippen LogP contribution < -0.4 is 16.0 Å². The highest BCUT2D eigenvalue weighted by Gasteiger charge is 2.20. The average Bonchev–Trinajstić information content (AvgIpc) is 3.44. The first-order valence-electron chi connectivity index (χ1n) is 27.7. The summed E-state index contributed by atoms with van der Waals surface area (Å²) in [6.45, 7) is 23.0. The van der Waals surface area contributed by atoms with Gasteiger partial charge in [0.2, 0.25) is 0 Å². The number of hydrogen-bond acceptors (Lipinski definition) is 27. The van der Waals surface area contributed by atoms with Gasteiger partial charge in [-0.15, -0.1) is 47.0 Å². The molecule has 0 aromatic rings. The molecule has 0 aromatic heterocycles. The zero-order valence-corrected chi connectivity index (χ0v) is 52.1. The molecule has 0 spiro atoms. The van der Waals surface area contributed by atoms with Gasteiger partial charge in [0.05, 0.1) is 220 Å². The van der Waals surface area contributed by atoms with Crippen molar-refractivity contribution in [1.29, 1.82) is 0 Å². The molecule has 0 saturated heterocycles. The van der Waals surface area contributed by atoms with E-state index >= 15 is 0 Å². The lowest BCUT2D eigenvalue weighted by molar-refractivity contribution is -0.0225. The van der Waals surface area contributed by atoms with Crippen LogP contribution in [0.4, 0.5) is 14.4 Å². The van der Waals surface area contributed by atoms with E-state index in [0.29, 0.717) is 222 Å². The van der Waals surface area contributed by atoms with Gasteiger partial charge in [0, 0.05) is 42.6 Å². The monoisotopic (exact) mass is 1250 g/mol. The first-order valence-corrected chi connectivity index (χ1v) is 31.6. The number of ether oxygens (including phenoxy) is 18. The van der Waals surface area contributed by atoms with Gasteiger partial charge in [-0.05, 0) is 27.7 Å². The maximum atomic E-state index is 12.1. The Morgan fingerprint density at radius 3 is 0.654 bits per heavy atom. The lowest BCUT2D eigenvalue weighted by Gasteiger charge is -2.23. The summed E-state index contributed by atoms with van der Waals surface area (Å²) in [6.07, 6.45) is -1.48. The fourth-order valence-electron chi connectivity index (χ4n) is 5.59. The topological polar surface area (TPSA) is 294 Å². The number of nitrogens with one attached hydrogen (secondary N) is 3. The predicted octanol–water partition coefficient (Wildman–Crippen LogP) is 2.80. The molecule has 0 fully saturated rings. The fraction of sp³-hybridized carbons (Fsp3) is 0.941. The normalized spacial score (nSPS) is 11.8. The number of hydrogen-bond donors (Lipinski definition) is 5. The Hall–Kier alpha value is -1.47. The smallest absolute Gasteiger partial charge is 0.407 e. The SMILES string of the molecule is CC(C)(SCCNC(=O)OCCOCCOCCOCCOCCOCCOCCOCCO)SCCNC(=O)OCCOCCSC(C)(C)SCCNC(=O)OCCOCCOCCOCCOCCOCCOCCOCCO. The Bertz CT molecular complexity index is 1370. The molecular formula is C51H101N3O23S4. The Balaban J connectivity index is 3.52. The van der Waals surface area contributed by atoms with Crippen molar-refractivity contribution in [2.75, 3.05) is 274 Å². The summed E-state index contributed by atoms with van der Waals surface area (Å²) in [6, 6.07) is 0. The molecule has 5 N–H and O–H groups in total. The summed E-state index contributed by atoms with van der Waals surface area (Å²) in [5.41, 5.74) is 0. The maximum Gasteiger partial charge on any atom is 0.407 e. The van der Waals surface area contributed by atoms with Crippen molar-refractivity contribution in [1.82, 2.24) is 16.0 Å². The summed E-state index contributed by atoms with van der Waals surface area (Å²) in [7, 11) is 0. The van der Waals surface area contributed by atoms with Gasteiger partial charge in [-0.3, -0.25) is 0 Å². The minimum atomic E-state index is -0.499. The molecule has 26 nitrogen and oxygen atoms in total. The zero-order valence-electron chi connectivity index (χ0n) is 48.8. The summed E-state index contributed by atoms with van der Waals surface area (Å²) in [5.74, 6) is 2.85. The van der Waals surface area contributed by atoms with Gasteiger partial charge in [0.15, 0.2) is 0 Å². The highest BCUT2D eigenvalue weighted by atomic mass is 32.2. The van der Waals surface area contributed by atoms with E-state index in [2.05, 4.69) is 43.6 Å². The number of alkyl carbamates (subject to hydrolysis) is 3. The van der Waals surface area contributed by atoms with Gasteiger partial charge in [-0.25, -0.2) is 14.4 Å². The van der Waals surface area contributed by atoms with Crippen molar-refractivity contribution in [3.63, 3.8) is 0 Å². The lowest BCUT2D eigenvalue weighted by Crippen LogP contribution is -2.30. The second-order valence-corrected chi connectivity index (χ2v) is 24.4. The molecule has 482 valence electrons. The number of carbonyl (C=O) groups excluding carboxylic acids is 3. The number of thioether (sulfide) groups is 4. The van der Waals surface area contributed by atoms with Crippen LogP contribution >= 0.6 is 47.0 Å². The van der Waals surface area contributed by atoms with E-state index in [-0.39, 0.29) is 54.4 Å². The molecule has 81 heavy (non-hydrogen) atoms. The van der Waals surface area contributed by atoms with Crippen LogP contribution in [-0.2, 0) is 85.3 Å². The maximum absolute atomic E-state index is 12.1. The number of carbonyl (C=O) groups is 3. The van der Waals surface area contributed by atoms with Crippen LogP contribution in [0, 0.1) is 0 Å². The van der Waals surface area contributed by atoms with E-state index in [0.717, 1.165) is 5.75 Å². The highest BCUT2D eigenvalue weighted by Crippen LogP contribution is 2.36. The van der Waals surface area contributed by atoms with Crippen molar-refractivity contribution >= 4 is 65.3 Å². The van der Waals surface area contributed by atoms with Crippen molar-refractivity contribution in [3.05, 3.63) is 0 Å². The molecule has 0 aliphatic carbocycles. The molecule has 0 radical (unpaired) electrons. The summed E-state index contributed by atoms with van der Waals surface area (Å²) >= 11 is 6.87. The Morgan fingerprint density at radius 2 is 0.444 bits per heavy atom. The molecule has 0 aromatic carbocycles.